The van der Waals surface area contributed by atoms with Crippen LogP contribution in [-0.4, -0.2) is 34.8 Å². The molecule has 0 aromatic rings. The van der Waals surface area contributed by atoms with E-state index in [4.69, 9.17) is 0 Å². The number of allylic oxidation sites excluding steroid dienone is 1. The normalized spacial score (nSPS) is 33.3. The predicted molar refractivity (Wildman–Crippen MR) is 67.5 cm³/mol. The van der Waals surface area contributed by atoms with Crippen molar-refractivity contribution in [2.45, 2.75) is 39.7 Å². The van der Waals surface area contributed by atoms with Crippen molar-refractivity contribution in [1.82, 2.24) is 4.90 Å². The monoisotopic (exact) mass is 251 g/mol. The quantitative estimate of drug-likeness (QED) is 0.707. The Kier molecular flexibility index (Phi) is 3.09. The summed E-state index contributed by atoms with van der Waals surface area (Å²) in [6, 6.07) is 0. The van der Waals surface area contributed by atoms with Crippen LogP contribution in [0.3, 0.4) is 0 Å². The Morgan fingerprint density at radius 3 is 2.44 bits per heavy atom. The molecule has 2 rings (SSSR count). The standard InChI is InChI=1S/C14H21NO3/c1-14(2,3)9-5-8-6-11(16)12(17)7-10(8)15(4)13(9)18/h7-9,11,16H,5-6H2,1-4H3. The minimum absolute atomic E-state index is 0.0509. The minimum Gasteiger partial charge on any atom is -0.385 e. The summed E-state index contributed by atoms with van der Waals surface area (Å²) in [6.07, 6.45) is 1.70. The molecule has 1 fully saturated rings. The molecule has 18 heavy (non-hydrogen) atoms. The topological polar surface area (TPSA) is 57.6 Å². The number of piperidine rings is 1. The molecule has 100 valence electrons. The average Bonchev–Trinajstić information content (AvgIpc) is 2.25. The third-order valence-electron chi connectivity index (χ3n) is 4.13. The van der Waals surface area contributed by atoms with Gasteiger partial charge < -0.3 is 10.0 Å². The fraction of sp³-hybridized carbons (Fsp3) is 0.714. The number of rotatable bonds is 0. The molecule has 1 N–H and O–H groups in total. The maximum Gasteiger partial charge on any atom is 0.230 e. The highest BCUT2D eigenvalue weighted by Crippen LogP contribution is 2.43. The van der Waals surface area contributed by atoms with Crippen molar-refractivity contribution in [3.8, 4) is 0 Å². The molecule has 1 aliphatic heterocycles. The highest BCUT2D eigenvalue weighted by molar-refractivity contribution is 5.96. The summed E-state index contributed by atoms with van der Waals surface area (Å²) in [6.45, 7) is 6.17. The van der Waals surface area contributed by atoms with Gasteiger partial charge in [0, 0.05) is 30.7 Å². The van der Waals surface area contributed by atoms with Gasteiger partial charge >= 0.3 is 0 Å². The van der Waals surface area contributed by atoms with E-state index in [0.29, 0.717) is 6.42 Å². The second kappa shape index (κ2) is 4.19. The van der Waals surface area contributed by atoms with E-state index < -0.39 is 6.10 Å². The van der Waals surface area contributed by atoms with E-state index in [-0.39, 0.29) is 28.9 Å². The van der Waals surface area contributed by atoms with E-state index in [1.807, 2.05) is 0 Å². The van der Waals surface area contributed by atoms with Gasteiger partial charge in [-0.25, -0.2) is 0 Å². The summed E-state index contributed by atoms with van der Waals surface area (Å²) in [4.78, 5) is 25.4. The summed E-state index contributed by atoms with van der Waals surface area (Å²) in [7, 11) is 1.73. The van der Waals surface area contributed by atoms with Crippen LogP contribution in [0.4, 0.5) is 0 Å². The second-order valence-electron chi connectivity index (χ2n) is 6.47. The average molecular weight is 251 g/mol. The van der Waals surface area contributed by atoms with Crippen molar-refractivity contribution in [3.63, 3.8) is 0 Å². The van der Waals surface area contributed by atoms with E-state index in [2.05, 4.69) is 20.8 Å². The molecule has 1 amide bonds. The van der Waals surface area contributed by atoms with Crippen molar-refractivity contribution >= 4 is 11.7 Å². The molecule has 3 unspecified atom stereocenters. The molecule has 0 aromatic heterocycles. The minimum atomic E-state index is -0.902. The first-order valence-corrected chi connectivity index (χ1v) is 6.43. The van der Waals surface area contributed by atoms with E-state index in [1.165, 1.54) is 6.08 Å². The molecule has 0 bridgehead atoms. The highest BCUT2D eigenvalue weighted by Gasteiger charge is 2.44. The maximum atomic E-state index is 12.3. The van der Waals surface area contributed by atoms with Gasteiger partial charge in [0.15, 0.2) is 5.78 Å². The largest absolute Gasteiger partial charge is 0.385 e. The number of nitrogens with zero attached hydrogens (tertiary/aromatic N) is 1. The number of aliphatic hydroxyl groups excluding tert-OH is 1. The maximum absolute atomic E-state index is 12.3. The number of fused-ring (bicyclic) bond motifs is 1. The van der Waals surface area contributed by atoms with Gasteiger partial charge in [-0.15, -0.1) is 0 Å². The molecular formula is C14H21NO3. The number of carbonyl (C=O) groups excluding carboxylic acids is 2. The molecule has 3 atom stereocenters. The van der Waals surface area contributed by atoms with Crippen LogP contribution in [0, 0.1) is 17.3 Å². The van der Waals surface area contributed by atoms with Crippen LogP contribution >= 0.6 is 0 Å². The van der Waals surface area contributed by atoms with Crippen LogP contribution in [0.25, 0.3) is 0 Å². The summed E-state index contributed by atoms with van der Waals surface area (Å²) in [5.74, 6) is -0.140. The van der Waals surface area contributed by atoms with Crippen molar-refractivity contribution in [3.05, 3.63) is 11.8 Å². The number of aliphatic hydroxyl groups is 1. The summed E-state index contributed by atoms with van der Waals surface area (Å²) in [5.41, 5.74) is 0.680. The molecule has 4 heteroatoms. The first kappa shape index (κ1) is 13.3. The summed E-state index contributed by atoms with van der Waals surface area (Å²) < 4.78 is 0. The van der Waals surface area contributed by atoms with Crippen LogP contribution < -0.4 is 0 Å². The van der Waals surface area contributed by atoms with E-state index >= 15 is 0 Å². The van der Waals surface area contributed by atoms with Gasteiger partial charge in [0.05, 0.1) is 0 Å². The fourth-order valence-electron chi connectivity index (χ4n) is 2.92. The van der Waals surface area contributed by atoms with E-state index in [1.54, 1.807) is 11.9 Å². The smallest absolute Gasteiger partial charge is 0.230 e. The van der Waals surface area contributed by atoms with Gasteiger partial charge in [-0.3, -0.25) is 9.59 Å². The van der Waals surface area contributed by atoms with Crippen molar-refractivity contribution in [2.75, 3.05) is 7.05 Å². The Labute approximate surface area is 108 Å². The Hall–Kier alpha value is -1.16. The lowest BCUT2D eigenvalue weighted by Crippen LogP contribution is -2.48. The first-order chi connectivity index (χ1) is 8.21. The third-order valence-corrected chi connectivity index (χ3v) is 4.13. The lowest BCUT2D eigenvalue weighted by Gasteiger charge is -2.44. The molecule has 0 aromatic carbocycles. The molecule has 1 saturated heterocycles. The lowest BCUT2D eigenvalue weighted by atomic mass is 9.69. The lowest BCUT2D eigenvalue weighted by molar-refractivity contribution is -0.141. The number of amides is 1. The molecular weight excluding hydrogens is 230 g/mol. The fourth-order valence-corrected chi connectivity index (χ4v) is 2.92. The number of ketones is 1. The zero-order valence-electron chi connectivity index (χ0n) is 11.4. The Bertz CT molecular complexity index is 419. The summed E-state index contributed by atoms with van der Waals surface area (Å²) in [5, 5.41) is 9.66. The molecule has 0 spiro atoms. The highest BCUT2D eigenvalue weighted by atomic mass is 16.3. The van der Waals surface area contributed by atoms with Gasteiger partial charge in [0.1, 0.15) is 6.10 Å². The Balaban J connectivity index is 2.33. The number of likely N-dealkylation sites (tertiary alicyclic amines) is 1. The number of hydrogen-bond donors (Lipinski definition) is 1. The Morgan fingerprint density at radius 2 is 1.89 bits per heavy atom. The van der Waals surface area contributed by atoms with E-state index in [9.17, 15) is 14.7 Å². The molecule has 4 nitrogen and oxygen atoms in total. The van der Waals surface area contributed by atoms with Crippen LogP contribution in [0.2, 0.25) is 0 Å². The number of hydrogen-bond acceptors (Lipinski definition) is 3. The van der Waals surface area contributed by atoms with Gasteiger partial charge in [0.2, 0.25) is 5.91 Å². The Morgan fingerprint density at radius 1 is 1.28 bits per heavy atom. The molecule has 1 aliphatic carbocycles. The van der Waals surface area contributed by atoms with E-state index in [0.717, 1.165) is 12.1 Å². The van der Waals surface area contributed by atoms with Crippen molar-refractivity contribution in [2.24, 2.45) is 17.3 Å². The zero-order chi connectivity index (χ0) is 13.7. The van der Waals surface area contributed by atoms with Crippen LogP contribution in [0.5, 0.6) is 0 Å². The SMILES string of the molecule is CN1C(=O)C(C(C)(C)C)CC2CC(O)C(=O)C=C21. The van der Waals surface area contributed by atoms with Crippen LogP contribution in [0.15, 0.2) is 11.8 Å². The number of carbonyl (C=O) groups is 2. The van der Waals surface area contributed by atoms with Crippen molar-refractivity contribution in [1.29, 1.82) is 0 Å². The van der Waals surface area contributed by atoms with Gasteiger partial charge in [-0.05, 0) is 18.3 Å². The summed E-state index contributed by atoms with van der Waals surface area (Å²) >= 11 is 0. The van der Waals surface area contributed by atoms with Gasteiger partial charge in [0.25, 0.3) is 0 Å². The second-order valence-corrected chi connectivity index (χ2v) is 6.47. The molecule has 2 aliphatic rings. The molecule has 0 radical (unpaired) electrons. The first-order valence-electron chi connectivity index (χ1n) is 6.43. The van der Waals surface area contributed by atoms with Crippen LogP contribution in [0.1, 0.15) is 33.6 Å². The van der Waals surface area contributed by atoms with Crippen LogP contribution in [-0.2, 0) is 9.59 Å². The predicted octanol–water partition coefficient (Wildman–Crippen LogP) is 1.34. The molecule has 0 saturated carbocycles. The van der Waals surface area contributed by atoms with Crippen molar-refractivity contribution < 1.29 is 14.7 Å². The van der Waals surface area contributed by atoms with Gasteiger partial charge in [-0.1, -0.05) is 20.8 Å². The molecule has 1 heterocycles. The zero-order valence-corrected chi connectivity index (χ0v) is 11.4. The van der Waals surface area contributed by atoms with Gasteiger partial charge in [-0.2, -0.15) is 0 Å². The third kappa shape index (κ3) is 2.09.